The first-order valence-electron chi connectivity index (χ1n) is 7.73. The lowest BCUT2D eigenvalue weighted by molar-refractivity contribution is -0.136. The fourth-order valence-electron chi connectivity index (χ4n) is 2.32. The fourth-order valence-corrected chi connectivity index (χ4v) is 2.49. The molecule has 0 amide bonds. The third kappa shape index (κ3) is 4.79. The Morgan fingerprint density at radius 2 is 1.85 bits per heavy atom. The number of halogens is 4. The molecule has 0 fully saturated rings. The summed E-state index contributed by atoms with van der Waals surface area (Å²) in [7, 11) is 1.55. The number of nitrogens with one attached hydrogen (secondary N) is 2. The van der Waals surface area contributed by atoms with Crippen LogP contribution in [0.2, 0.25) is 5.02 Å². The molecule has 2 aromatic carbocycles. The van der Waals surface area contributed by atoms with Gasteiger partial charge < -0.3 is 15.4 Å². The van der Waals surface area contributed by atoms with Crippen molar-refractivity contribution in [3.63, 3.8) is 0 Å². The van der Waals surface area contributed by atoms with Crippen LogP contribution in [0.25, 0.3) is 0 Å². The number of methoxy groups -OCH3 is 1. The number of hydrogen-bond donors (Lipinski definition) is 2. The Hall–Kier alpha value is -3.00. The van der Waals surface area contributed by atoms with Crippen molar-refractivity contribution in [2.45, 2.75) is 6.18 Å². The van der Waals surface area contributed by atoms with E-state index in [-0.39, 0.29) is 16.7 Å². The summed E-state index contributed by atoms with van der Waals surface area (Å²) in [6, 6.07) is 12.2. The van der Waals surface area contributed by atoms with Gasteiger partial charge >= 0.3 is 6.18 Å². The summed E-state index contributed by atoms with van der Waals surface area (Å²) >= 11 is 5.69. The minimum atomic E-state index is -4.57. The maximum atomic E-state index is 13.2. The Kier molecular flexibility index (Phi) is 5.36. The monoisotopic (exact) mass is 394 g/mol. The van der Waals surface area contributed by atoms with Crippen LogP contribution >= 0.6 is 11.6 Å². The lowest BCUT2D eigenvalue weighted by Crippen LogP contribution is -2.10. The molecule has 0 saturated carbocycles. The van der Waals surface area contributed by atoms with Crippen molar-refractivity contribution in [1.82, 2.24) is 9.97 Å². The highest BCUT2D eigenvalue weighted by molar-refractivity contribution is 6.30. The van der Waals surface area contributed by atoms with E-state index in [1.807, 2.05) is 0 Å². The predicted molar refractivity (Wildman–Crippen MR) is 98.0 cm³/mol. The van der Waals surface area contributed by atoms with E-state index in [0.29, 0.717) is 17.3 Å². The fraction of sp³-hybridized carbons (Fsp3) is 0.111. The molecule has 0 bridgehead atoms. The van der Waals surface area contributed by atoms with Crippen LogP contribution < -0.4 is 15.4 Å². The van der Waals surface area contributed by atoms with Gasteiger partial charge in [-0.25, -0.2) is 4.98 Å². The van der Waals surface area contributed by atoms with Gasteiger partial charge in [-0.2, -0.15) is 18.2 Å². The van der Waals surface area contributed by atoms with Gasteiger partial charge in [0.25, 0.3) is 0 Å². The zero-order valence-electron chi connectivity index (χ0n) is 14.0. The summed E-state index contributed by atoms with van der Waals surface area (Å²) < 4.78 is 44.8. The molecular formula is C18H14ClF3N4O. The largest absolute Gasteiger partial charge is 0.497 e. The van der Waals surface area contributed by atoms with E-state index in [0.717, 1.165) is 6.07 Å². The standard InChI is InChI=1S/C18H14ClF3N4O/c1-27-13-4-2-3-12(10-13)24-16-7-8-23-17(26-16)25-15-6-5-11(19)9-14(15)18(20,21)22/h2-10H,1H3,(H2,23,24,25,26). The molecule has 9 heteroatoms. The van der Waals surface area contributed by atoms with Gasteiger partial charge in [0.15, 0.2) is 0 Å². The molecule has 0 unspecified atom stereocenters. The van der Waals surface area contributed by atoms with Crippen molar-refractivity contribution in [3.8, 4) is 5.75 Å². The van der Waals surface area contributed by atoms with Gasteiger partial charge in [0, 0.05) is 23.0 Å². The smallest absolute Gasteiger partial charge is 0.418 e. The van der Waals surface area contributed by atoms with E-state index in [2.05, 4.69) is 20.6 Å². The molecule has 3 rings (SSSR count). The zero-order chi connectivity index (χ0) is 19.4. The van der Waals surface area contributed by atoms with E-state index in [9.17, 15) is 13.2 Å². The highest BCUT2D eigenvalue weighted by Gasteiger charge is 2.34. The van der Waals surface area contributed by atoms with Gasteiger partial charge in [-0.1, -0.05) is 17.7 Å². The summed E-state index contributed by atoms with van der Waals surface area (Å²) in [5, 5.41) is 5.62. The van der Waals surface area contributed by atoms with Crippen LogP contribution in [0, 0.1) is 0 Å². The first-order chi connectivity index (χ1) is 12.8. The van der Waals surface area contributed by atoms with E-state index in [1.54, 1.807) is 37.4 Å². The highest BCUT2D eigenvalue weighted by atomic mass is 35.5. The second kappa shape index (κ2) is 7.71. The molecular weight excluding hydrogens is 381 g/mol. The highest BCUT2D eigenvalue weighted by Crippen LogP contribution is 2.37. The maximum Gasteiger partial charge on any atom is 0.418 e. The average molecular weight is 395 g/mol. The number of aromatic nitrogens is 2. The SMILES string of the molecule is COc1cccc(Nc2ccnc(Nc3ccc(Cl)cc3C(F)(F)F)n2)c1. The lowest BCUT2D eigenvalue weighted by atomic mass is 10.1. The van der Waals surface area contributed by atoms with Crippen LogP contribution in [0.5, 0.6) is 5.75 Å². The molecule has 0 aliphatic heterocycles. The lowest BCUT2D eigenvalue weighted by Gasteiger charge is -2.14. The number of benzene rings is 2. The topological polar surface area (TPSA) is 59.1 Å². The number of nitrogens with zero attached hydrogens (tertiary/aromatic N) is 2. The van der Waals surface area contributed by atoms with E-state index >= 15 is 0 Å². The maximum absolute atomic E-state index is 13.2. The van der Waals surface area contributed by atoms with Gasteiger partial charge in [-0.05, 0) is 36.4 Å². The van der Waals surface area contributed by atoms with Gasteiger partial charge in [-0.3, -0.25) is 0 Å². The molecule has 5 nitrogen and oxygen atoms in total. The van der Waals surface area contributed by atoms with Crippen LogP contribution in [0.4, 0.5) is 36.3 Å². The van der Waals surface area contributed by atoms with Crippen molar-refractivity contribution in [2.24, 2.45) is 0 Å². The van der Waals surface area contributed by atoms with Crippen molar-refractivity contribution >= 4 is 34.7 Å². The molecule has 3 aromatic rings. The van der Waals surface area contributed by atoms with Crippen molar-refractivity contribution in [3.05, 3.63) is 65.3 Å². The van der Waals surface area contributed by atoms with Crippen LogP contribution in [-0.4, -0.2) is 17.1 Å². The van der Waals surface area contributed by atoms with E-state index < -0.39 is 11.7 Å². The Morgan fingerprint density at radius 3 is 2.59 bits per heavy atom. The second-order valence-corrected chi connectivity index (χ2v) is 5.87. The molecule has 27 heavy (non-hydrogen) atoms. The predicted octanol–water partition coefficient (Wildman–Crippen LogP) is 5.64. The van der Waals surface area contributed by atoms with E-state index in [1.165, 1.54) is 18.3 Å². The molecule has 0 spiro atoms. The van der Waals surface area contributed by atoms with Crippen molar-refractivity contribution < 1.29 is 17.9 Å². The van der Waals surface area contributed by atoms with Gasteiger partial charge in [-0.15, -0.1) is 0 Å². The first-order valence-corrected chi connectivity index (χ1v) is 8.11. The molecule has 140 valence electrons. The van der Waals surface area contributed by atoms with Gasteiger partial charge in [0.1, 0.15) is 11.6 Å². The molecule has 0 radical (unpaired) electrons. The number of hydrogen-bond acceptors (Lipinski definition) is 5. The van der Waals surface area contributed by atoms with Crippen molar-refractivity contribution in [2.75, 3.05) is 17.7 Å². The third-order valence-electron chi connectivity index (χ3n) is 3.53. The number of rotatable bonds is 5. The molecule has 0 atom stereocenters. The van der Waals surface area contributed by atoms with Crippen molar-refractivity contribution in [1.29, 1.82) is 0 Å². The summed E-state index contributed by atoms with van der Waals surface area (Å²) in [5.74, 6) is 1.07. The summed E-state index contributed by atoms with van der Waals surface area (Å²) in [5.41, 5.74) is -0.378. The molecule has 0 saturated heterocycles. The van der Waals surface area contributed by atoms with Crippen LogP contribution in [-0.2, 0) is 6.18 Å². The zero-order valence-corrected chi connectivity index (χ0v) is 14.8. The summed E-state index contributed by atoms with van der Waals surface area (Å²) in [4.78, 5) is 8.16. The van der Waals surface area contributed by atoms with Gasteiger partial charge in [0.05, 0.1) is 18.4 Å². The Morgan fingerprint density at radius 1 is 1.04 bits per heavy atom. The molecule has 0 aliphatic carbocycles. The molecule has 1 aromatic heterocycles. The van der Waals surface area contributed by atoms with Crippen LogP contribution in [0.3, 0.4) is 0 Å². The van der Waals surface area contributed by atoms with Crippen LogP contribution in [0.15, 0.2) is 54.7 Å². The molecule has 2 N–H and O–H groups in total. The third-order valence-corrected chi connectivity index (χ3v) is 3.77. The number of anilines is 4. The second-order valence-electron chi connectivity index (χ2n) is 5.44. The van der Waals surface area contributed by atoms with Gasteiger partial charge in [0.2, 0.25) is 5.95 Å². The summed E-state index contributed by atoms with van der Waals surface area (Å²) in [6.07, 6.45) is -3.13. The van der Waals surface area contributed by atoms with E-state index in [4.69, 9.17) is 16.3 Å². The minimum Gasteiger partial charge on any atom is -0.497 e. The summed E-state index contributed by atoms with van der Waals surface area (Å²) in [6.45, 7) is 0. The normalized spacial score (nSPS) is 11.1. The van der Waals surface area contributed by atoms with Crippen LogP contribution in [0.1, 0.15) is 5.56 Å². The molecule has 0 aliphatic rings. The Bertz CT molecular complexity index is 950. The number of alkyl halides is 3. The molecule has 1 heterocycles. The quantitative estimate of drug-likeness (QED) is 0.586. The number of ether oxygens (including phenoxy) is 1. The first kappa shape index (κ1) is 18.8. The minimum absolute atomic E-state index is 0.00992. The Labute approximate surface area is 158 Å². The Balaban J connectivity index is 1.84. The average Bonchev–Trinajstić information content (AvgIpc) is 2.63.